The normalized spacial score (nSPS) is 18.2. The number of carbonyl (C=O) groups is 2. The second-order valence-electron chi connectivity index (χ2n) is 8.88. The lowest BCUT2D eigenvalue weighted by molar-refractivity contribution is -0.129. The van der Waals surface area contributed by atoms with Crippen LogP contribution in [0.3, 0.4) is 0 Å². The fourth-order valence-electron chi connectivity index (χ4n) is 4.65. The second-order valence-corrected chi connectivity index (χ2v) is 11.0. The van der Waals surface area contributed by atoms with Crippen molar-refractivity contribution in [3.05, 3.63) is 40.7 Å². The molecule has 0 unspecified atom stereocenters. The van der Waals surface area contributed by atoms with Gasteiger partial charge in [-0.05, 0) is 48.9 Å². The molecule has 180 valence electrons. The maximum atomic E-state index is 12.8. The monoisotopic (exact) mass is 499 g/mol. The first-order valence-electron chi connectivity index (χ1n) is 11.8. The van der Waals surface area contributed by atoms with Crippen LogP contribution in [-0.2, 0) is 24.7 Å². The van der Waals surface area contributed by atoms with Crippen LogP contribution in [0, 0.1) is 5.92 Å². The zero-order chi connectivity index (χ0) is 23.7. The zero-order valence-electron chi connectivity index (χ0n) is 19.5. The van der Waals surface area contributed by atoms with Gasteiger partial charge in [-0.1, -0.05) is 25.1 Å². The van der Waals surface area contributed by atoms with E-state index in [1.807, 2.05) is 27.9 Å². The summed E-state index contributed by atoms with van der Waals surface area (Å²) in [6.07, 6.45) is 6.33. The number of hydrogen-bond acceptors (Lipinski definition) is 7. The summed E-state index contributed by atoms with van der Waals surface area (Å²) in [5.41, 5.74) is 1.47. The van der Waals surface area contributed by atoms with Crippen LogP contribution >= 0.6 is 23.1 Å². The molecule has 10 heteroatoms. The number of nitrogens with zero attached hydrogens (tertiary/aromatic N) is 5. The van der Waals surface area contributed by atoms with Crippen molar-refractivity contribution in [3.63, 3.8) is 0 Å². The van der Waals surface area contributed by atoms with Gasteiger partial charge in [0.1, 0.15) is 0 Å². The molecule has 0 N–H and O–H groups in total. The fraction of sp³-hybridized carbons (Fsp3) is 0.500. The molecule has 1 aliphatic heterocycles. The van der Waals surface area contributed by atoms with Crippen molar-refractivity contribution in [1.29, 1.82) is 0 Å². The number of piperazine rings is 1. The SMILES string of the molecule is CC[C@@H]1CCc2sc(-c3nnc(SCC(=O)N4CCN(C(=O)c5ccco5)CC4)n3C)cc2C1. The second kappa shape index (κ2) is 9.95. The quantitative estimate of drug-likeness (QED) is 0.481. The Balaban J connectivity index is 1.16. The fourth-order valence-corrected chi connectivity index (χ4v) is 6.69. The predicted molar refractivity (Wildman–Crippen MR) is 132 cm³/mol. The van der Waals surface area contributed by atoms with E-state index in [2.05, 4.69) is 23.2 Å². The van der Waals surface area contributed by atoms with Gasteiger partial charge in [-0.25, -0.2) is 0 Å². The molecule has 1 aliphatic carbocycles. The van der Waals surface area contributed by atoms with E-state index in [1.54, 1.807) is 17.0 Å². The Morgan fingerprint density at radius 3 is 2.74 bits per heavy atom. The lowest BCUT2D eigenvalue weighted by Gasteiger charge is -2.34. The van der Waals surface area contributed by atoms with Gasteiger partial charge in [0.25, 0.3) is 5.91 Å². The van der Waals surface area contributed by atoms with E-state index < -0.39 is 0 Å². The summed E-state index contributed by atoms with van der Waals surface area (Å²) in [5.74, 6) is 2.22. The van der Waals surface area contributed by atoms with Crippen molar-refractivity contribution >= 4 is 34.9 Å². The maximum absolute atomic E-state index is 12.8. The zero-order valence-corrected chi connectivity index (χ0v) is 21.2. The number of fused-ring (bicyclic) bond motifs is 1. The van der Waals surface area contributed by atoms with E-state index >= 15 is 0 Å². The third kappa shape index (κ3) is 4.65. The summed E-state index contributed by atoms with van der Waals surface area (Å²) in [6.45, 7) is 4.33. The van der Waals surface area contributed by atoms with Crippen LogP contribution in [0.4, 0.5) is 0 Å². The Morgan fingerprint density at radius 2 is 2.00 bits per heavy atom. The van der Waals surface area contributed by atoms with E-state index in [0.717, 1.165) is 34.6 Å². The molecular weight excluding hydrogens is 470 g/mol. The van der Waals surface area contributed by atoms with Gasteiger partial charge >= 0.3 is 0 Å². The topological polar surface area (TPSA) is 84.5 Å². The predicted octanol–water partition coefficient (Wildman–Crippen LogP) is 3.73. The molecule has 0 aromatic carbocycles. The molecule has 2 aliphatic rings. The lowest BCUT2D eigenvalue weighted by Crippen LogP contribution is -2.51. The minimum absolute atomic E-state index is 0.0526. The minimum atomic E-state index is -0.126. The highest BCUT2D eigenvalue weighted by Crippen LogP contribution is 2.38. The number of thioether (sulfide) groups is 1. The minimum Gasteiger partial charge on any atom is -0.459 e. The first-order chi connectivity index (χ1) is 16.5. The number of furan rings is 1. The summed E-state index contributed by atoms with van der Waals surface area (Å²) < 4.78 is 7.19. The van der Waals surface area contributed by atoms with Gasteiger partial charge in [-0.2, -0.15) is 0 Å². The van der Waals surface area contributed by atoms with E-state index in [4.69, 9.17) is 4.42 Å². The van der Waals surface area contributed by atoms with Crippen molar-refractivity contribution in [2.75, 3.05) is 31.9 Å². The molecule has 3 aromatic rings. The van der Waals surface area contributed by atoms with Crippen LogP contribution in [0.5, 0.6) is 0 Å². The Labute approximate surface area is 207 Å². The smallest absolute Gasteiger partial charge is 0.289 e. The van der Waals surface area contributed by atoms with Gasteiger partial charge in [-0.3, -0.25) is 9.59 Å². The summed E-state index contributed by atoms with van der Waals surface area (Å²) in [5, 5.41) is 9.54. The van der Waals surface area contributed by atoms with Gasteiger partial charge < -0.3 is 18.8 Å². The van der Waals surface area contributed by atoms with Crippen molar-refractivity contribution in [1.82, 2.24) is 24.6 Å². The average molecular weight is 500 g/mol. The van der Waals surface area contributed by atoms with Gasteiger partial charge in [-0.15, -0.1) is 21.5 Å². The van der Waals surface area contributed by atoms with Gasteiger partial charge in [0, 0.05) is 38.1 Å². The Hall–Kier alpha value is -2.59. The number of aryl methyl sites for hydroxylation is 1. The van der Waals surface area contributed by atoms with E-state index in [-0.39, 0.29) is 11.8 Å². The molecule has 5 rings (SSSR count). The third-order valence-corrected chi connectivity index (χ3v) is 9.03. The highest BCUT2D eigenvalue weighted by atomic mass is 32.2. The maximum Gasteiger partial charge on any atom is 0.289 e. The molecule has 1 atom stereocenters. The first-order valence-corrected chi connectivity index (χ1v) is 13.6. The van der Waals surface area contributed by atoms with Crippen LogP contribution < -0.4 is 0 Å². The summed E-state index contributed by atoms with van der Waals surface area (Å²) in [7, 11) is 1.97. The molecule has 0 radical (unpaired) electrons. The first kappa shape index (κ1) is 23.2. The Morgan fingerprint density at radius 1 is 1.21 bits per heavy atom. The molecule has 4 heterocycles. The molecule has 3 aromatic heterocycles. The molecule has 8 nitrogen and oxygen atoms in total. The van der Waals surface area contributed by atoms with Crippen LogP contribution in [0.25, 0.3) is 10.7 Å². The number of rotatable bonds is 6. The van der Waals surface area contributed by atoms with Crippen LogP contribution in [-0.4, -0.2) is 68.3 Å². The van der Waals surface area contributed by atoms with Gasteiger partial charge in [0.2, 0.25) is 5.91 Å². The number of thiophene rings is 1. The van der Waals surface area contributed by atoms with Crippen molar-refractivity contribution < 1.29 is 14.0 Å². The number of amides is 2. The largest absolute Gasteiger partial charge is 0.459 e. The molecule has 0 spiro atoms. The molecule has 1 fully saturated rings. The molecular formula is C24H29N5O3S2. The lowest BCUT2D eigenvalue weighted by atomic mass is 9.87. The van der Waals surface area contributed by atoms with Crippen LogP contribution in [0.2, 0.25) is 0 Å². The third-order valence-electron chi connectivity index (χ3n) is 6.79. The van der Waals surface area contributed by atoms with Gasteiger partial charge in [0.05, 0.1) is 16.9 Å². The molecule has 2 amide bonds. The summed E-state index contributed by atoms with van der Waals surface area (Å²) in [6, 6.07) is 5.66. The summed E-state index contributed by atoms with van der Waals surface area (Å²) in [4.78, 5) is 31.4. The molecule has 0 bridgehead atoms. The number of hydrogen-bond donors (Lipinski definition) is 0. The van der Waals surface area contributed by atoms with Crippen molar-refractivity contribution in [2.24, 2.45) is 13.0 Å². The molecule has 34 heavy (non-hydrogen) atoms. The van der Waals surface area contributed by atoms with Crippen molar-refractivity contribution in [3.8, 4) is 10.7 Å². The molecule has 1 saturated heterocycles. The highest BCUT2D eigenvalue weighted by Gasteiger charge is 2.27. The molecule has 0 saturated carbocycles. The number of carbonyl (C=O) groups excluding carboxylic acids is 2. The van der Waals surface area contributed by atoms with E-state index in [9.17, 15) is 9.59 Å². The Kier molecular flexibility index (Phi) is 6.78. The number of aromatic nitrogens is 3. The van der Waals surface area contributed by atoms with E-state index in [1.165, 1.54) is 41.3 Å². The van der Waals surface area contributed by atoms with Crippen LogP contribution in [0.1, 0.15) is 40.8 Å². The van der Waals surface area contributed by atoms with Crippen molar-refractivity contribution in [2.45, 2.75) is 37.8 Å². The van der Waals surface area contributed by atoms with Crippen LogP contribution in [0.15, 0.2) is 34.0 Å². The van der Waals surface area contributed by atoms with E-state index in [0.29, 0.717) is 37.7 Å². The Bertz CT molecular complexity index is 1160. The highest BCUT2D eigenvalue weighted by molar-refractivity contribution is 7.99. The summed E-state index contributed by atoms with van der Waals surface area (Å²) >= 11 is 3.25. The standard InChI is InChI=1S/C24H29N5O3S2/c1-3-16-6-7-19-17(13-16)14-20(34-19)22-25-26-24(27(22)2)33-15-21(30)28-8-10-29(11-9-28)23(31)18-5-4-12-32-18/h4-5,12,14,16H,3,6-11,13,15H2,1-2H3/t16-/m1/s1. The average Bonchev–Trinajstić information content (AvgIpc) is 3.61. The van der Waals surface area contributed by atoms with Gasteiger partial charge in [0.15, 0.2) is 16.7 Å².